The number of hydrogen-bond acceptors (Lipinski definition) is 4. The first-order valence-corrected chi connectivity index (χ1v) is 7.55. The van der Waals surface area contributed by atoms with Crippen molar-refractivity contribution in [3.63, 3.8) is 0 Å². The van der Waals surface area contributed by atoms with Crippen LogP contribution in [0.5, 0.6) is 0 Å². The van der Waals surface area contributed by atoms with Crippen LogP contribution in [0.15, 0.2) is 33.1 Å². The number of hydrogen-bond donors (Lipinski definition) is 0. The monoisotopic (exact) mass is 340 g/mol. The first kappa shape index (κ1) is 14.1. The minimum Gasteiger partial charge on any atom is -0.298 e. The second-order valence-electron chi connectivity index (χ2n) is 4.15. The summed E-state index contributed by atoms with van der Waals surface area (Å²) in [6, 6.07) is 3.69. The molecule has 2 aromatic heterocycles. The normalized spacial score (nSPS) is 10.6. The molecule has 0 saturated carbocycles. The average Bonchev–Trinajstić information content (AvgIpc) is 2.92. The van der Waals surface area contributed by atoms with Crippen molar-refractivity contribution in [2.24, 2.45) is 0 Å². The van der Waals surface area contributed by atoms with Crippen LogP contribution >= 0.6 is 27.3 Å². The van der Waals surface area contributed by atoms with Gasteiger partial charge in [0.2, 0.25) is 0 Å². The zero-order chi connectivity index (χ0) is 13.8. The molecule has 0 aromatic carbocycles. The van der Waals surface area contributed by atoms with Gasteiger partial charge in [-0.1, -0.05) is 6.07 Å². The highest BCUT2D eigenvalue weighted by Crippen LogP contribution is 2.12. The lowest BCUT2D eigenvalue weighted by atomic mass is 10.2. The van der Waals surface area contributed by atoms with Gasteiger partial charge in [-0.3, -0.25) is 14.2 Å². The van der Waals surface area contributed by atoms with E-state index in [9.17, 15) is 9.59 Å². The van der Waals surface area contributed by atoms with Gasteiger partial charge in [-0.25, -0.2) is 4.98 Å². The van der Waals surface area contributed by atoms with Crippen molar-refractivity contribution in [1.82, 2.24) is 9.55 Å². The van der Waals surface area contributed by atoms with E-state index in [0.29, 0.717) is 29.6 Å². The number of rotatable bonds is 5. The predicted molar refractivity (Wildman–Crippen MR) is 78.8 cm³/mol. The van der Waals surface area contributed by atoms with Gasteiger partial charge in [0.15, 0.2) is 5.78 Å². The highest BCUT2D eigenvalue weighted by atomic mass is 79.9. The summed E-state index contributed by atoms with van der Waals surface area (Å²) in [5.41, 5.74) is 0.576. The van der Waals surface area contributed by atoms with Crippen LogP contribution in [0, 0.1) is 6.92 Å². The summed E-state index contributed by atoms with van der Waals surface area (Å²) >= 11 is 4.67. The molecule has 0 radical (unpaired) electrons. The summed E-state index contributed by atoms with van der Waals surface area (Å²) in [4.78, 5) is 28.6. The Morgan fingerprint density at radius 2 is 2.32 bits per heavy atom. The first-order chi connectivity index (χ1) is 9.09. The van der Waals surface area contributed by atoms with Gasteiger partial charge in [0.25, 0.3) is 5.56 Å². The molecule has 6 heteroatoms. The second kappa shape index (κ2) is 6.25. The molecule has 0 aliphatic heterocycles. The van der Waals surface area contributed by atoms with Gasteiger partial charge in [0, 0.05) is 13.0 Å². The molecule has 2 rings (SSSR count). The molecule has 2 heterocycles. The summed E-state index contributed by atoms with van der Waals surface area (Å²) in [5, 5.41) is 1.89. The van der Waals surface area contributed by atoms with Gasteiger partial charge in [-0.05, 0) is 40.7 Å². The van der Waals surface area contributed by atoms with Crippen LogP contribution in [0.4, 0.5) is 0 Å². The van der Waals surface area contributed by atoms with Gasteiger partial charge in [-0.2, -0.15) is 0 Å². The molecule has 0 saturated heterocycles. The lowest BCUT2D eigenvalue weighted by Gasteiger charge is -2.06. The number of ketones is 1. The Morgan fingerprint density at radius 3 is 3.00 bits per heavy atom. The van der Waals surface area contributed by atoms with Crippen molar-refractivity contribution < 1.29 is 4.79 Å². The topological polar surface area (TPSA) is 52.0 Å². The van der Waals surface area contributed by atoms with Crippen LogP contribution in [0.2, 0.25) is 0 Å². The summed E-state index contributed by atoms with van der Waals surface area (Å²) in [6.45, 7) is 2.28. The maximum atomic E-state index is 11.9. The maximum absolute atomic E-state index is 11.9. The SMILES string of the molecule is Cc1ncn(CCCC(=O)c2cccs2)c(=O)c1Br. The van der Waals surface area contributed by atoms with E-state index in [2.05, 4.69) is 20.9 Å². The number of thiophene rings is 1. The van der Waals surface area contributed by atoms with E-state index in [4.69, 9.17) is 0 Å². The Hall–Kier alpha value is -1.27. The number of Topliss-reactive ketones (excluding diaryl/α,β-unsaturated/α-hetero) is 1. The Bertz CT molecular complexity index is 635. The predicted octanol–water partition coefficient (Wildman–Crippen LogP) is 3.04. The second-order valence-corrected chi connectivity index (χ2v) is 5.89. The van der Waals surface area contributed by atoms with Crippen LogP contribution in [-0.4, -0.2) is 15.3 Å². The van der Waals surface area contributed by atoms with Gasteiger partial charge in [0.05, 0.1) is 16.9 Å². The fourth-order valence-corrected chi connectivity index (χ4v) is 2.70. The van der Waals surface area contributed by atoms with Crippen molar-refractivity contribution in [2.45, 2.75) is 26.3 Å². The summed E-state index contributed by atoms with van der Waals surface area (Å²) in [7, 11) is 0. The number of halogens is 1. The van der Waals surface area contributed by atoms with Crippen molar-refractivity contribution in [1.29, 1.82) is 0 Å². The molecule has 0 aliphatic carbocycles. The highest BCUT2D eigenvalue weighted by molar-refractivity contribution is 9.10. The molecule has 2 aromatic rings. The van der Waals surface area contributed by atoms with Crippen molar-refractivity contribution in [3.8, 4) is 0 Å². The lowest BCUT2D eigenvalue weighted by molar-refractivity contribution is 0.0982. The fourth-order valence-electron chi connectivity index (χ4n) is 1.68. The van der Waals surface area contributed by atoms with Crippen molar-refractivity contribution in [2.75, 3.05) is 0 Å². The van der Waals surface area contributed by atoms with Crippen molar-refractivity contribution >= 4 is 33.0 Å². The summed E-state index contributed by atoms with van der Waals surface area (Å²) in [5.74, 6) is 0.127. The number of carbonyl (C=O) groups is 1. The molecule has 0 unspecified atom stereocenters. The number of nitrogens with zero attached hydrogens (tertiary/aromatic N) is 2. The van der Waals surface area contributed by atoms with E-state index >= 15 is 0 Å². The number of carbonyl (C=O) groups excluding carboxylic acids is 1. The van der Waals surface area contributed by atoms with Crippen LogP contribution in [0.25, 0.3) is 0 Å². The summed E-state index contributed by atoms with van der Waals surface area (Å²) in [6.07, 6.45) is 2.60. The van der Waals surface area contributed by atoms with E-state index < -0.39 is 0 Å². The average molecular weight is 341 g/mol. The molecule has 0 amide bonds. The molecular formula is C13H13BrN2O2S. The van der Waals surface area contributed by atoms with Gasteiger partial charge in [0.1, 0.15) is 4.47 Å². The van der Waals surface area contributed by atoms with E-state index in [0.717, 1.165) is 4.88 Å². The third-order valence-electron chi connectivity index (χ3n) is 2.76. The molecule has 0 atom stereocenters. The summed E-state index contributed by atoms with van der Waals surface area (Å²) < 4.78 is 2.01. The van der Waals surface area contributed by atoms with Crippen molar-refractivity contribution in [3.05, 3.63) is 49.2 Å². The van der Waals surface area contributed by atoms with E-state index in [1.165, 1.54) is 22.2 Å². The third-order valence-corrected chi connectivity index (χ3v) is 4.58. The molecule has 0 N–H and O–H groups in total. The minimum absolute atomic E-state index is 0.101. The molecule has 100 valence electrons. The molecular weight excluding hydrogens is 328 g/mol. The van der Waals surface area contributed by atoms with Crippen LogP contribution in [0.3, 0.4) is 0 Å². The van der Waals surface area contributed by atoms with Crippen LogP contribution in [-0.2, 0) is 6.54 Å². The van der Waals surface area contributed by atoms with E-state index in [1.54, 1.807) is 6.92 Å². The lowest BCUT2D eigenvalue weighted by Crippen LogP contribution is -2.22. The van der Waals surface area contributed by atoms with Gasteiger partial charge in [-0.15, -0.1) is 11.3 Å². The highest BCUT2D eigenvalue weighted by Gasteiger charge is 2.08. The molecule has 0 aliphatic rings. The molecule has 0 bridgehead atoms. The fraction of sp³-hybridized carbons (Fsp3) is 0.308. The minimum atomic E-state index is -0.101. The Morgan fingerprint density at radius 1 is 1.53 bits per heavy atom. The third kappa shape index (κ3) is 3.39. The zero-order valence-electron chi connectivity index (χ0n) is 10.4. The van der Waals surface area contributed by atoms with Crippen LogP contribution in [0.1, 0.15) is 28.2 Å². The van der Waals surface area contributed by atoms with E-state index in [-0.39, 0.29) is 11.3 Å². The molecule has 19 heavy (non-hydrogen) atoms. The number of aryl methyl sites for hydroxylation is 2. The molecule has 4 nitrogen and oxygen atoms in total. The Balaban J connectivity index is 1.95. The first-order valence-electron chi connectivity index (χ1n) is 5.88. The molecule has 0 fully saturated rings. The smallest absolute Gasteiger partial charge is 0.267 e. The van der Waals surface area contributed by atoms with Gasteiger partial charge < -0.3 is 0 Å². The molecule has 0 spiro atoms. The number of aromatic nitrogens is 2. The Labute approximate surface area is 123 Å². The zero-order valence-corrected chi connectivity index (χ0v) is 12.8. The van der Waals surface area contributed by atoms with Gasteiger partial charge >= 0.3 is 0 Å². The Kier molecular flexibility index (Phi) is 4.66. The van der Waals surface area contributed by atoms with Crippen LogP contribution < -0.4 is 5.56 Å². The maximum Gasteiger partial charge on any atom is 0.267 e. The standard InChI is InChI=1S/C13H13BrN2O2S/c1-9-12(14)13(18)16(8-15-9)6-2-4-10(17)11-5-3-7-19-11/h3,5,7-8H,2,4,6H2,1H3. The quantitative estimate of drug-likeness (QED) is 0.786. The largest absolute Gasteiger partial charge is 0.298 e. The van der Waals surface area contributed by atoms with E-state index in [1.807, 2.05) is 17.5 Å².